The van der Waals surface area contributed by atoms with Gasteiger partial charge in [-0.25, -0.2) is 13.1 Å². The molecule has 1 heterocycles. The van der Waals surface area contributed by atoms with Gasteiger partial charge in [0, 0.05) is 24.2 Å². The number of hydrogen-bond acceptors (Lipinski definition) is 4. The highest BCUT2D eigenvalue weighted by atomic mass is 32.2. The van der Waals surface area contributed by atoms with Crippen LogP contribution in [0.1, 0.15) is 56.1 Å². The van der Waals surface area contributed by atoms with Crippen LogP contribution in [0.15, 0.2) is 18.2 Å². The van der Waals surface area contributed by atoms with E-state index in [1.54, 1.807) is 0 Å². The molecule has 1 aliphatic carbocycles. The maximum absolute atomic E-state index is 13.0. The number of piperidine rings is 1. The summed E-state index contributed by atoms with van der Waals surface area (Å²) in [5.74, 6) is -0.733. The molecule has 1 aromatic carbocycles. The van der Waals surface area contributed by atoms with Gasteiger partial charge in [-0.3, -0.25) is 4.79 Å². The molecule has 0 aromatic heterocycles. The lowest BCUT2D eigenvalue weighted by Crippen LogP contribution is -2.54. The van der Waals surface area contributed by atoms with Crippen molar-refractivity contribution in [3.8, 4) is 0 Å². The fourth-order valence-electron chi connectivity index (χ4n) is 5.02. The van der Waals surface area contributed by atoms with E-state index in [1.165, 1.54) is 0 Å². The molecule has 0 unspecified atom stereocenters. The van der Waals surface area contributed by atoms with Crippen LogP contribution in [0.5, 0.6) is 0 Å². The van der Waals surface area contributed by atoms with E-state index >= 15 is 0 Å². The molecule has 1 aliphatic heterocycles. The molecule has 6 nitrogen and oxygen atoms in total. The second kappa shape index (κ2) is 10.3. The van der Waals surface area contributed by atoms with Crippen molar-refractivity contribution >= 4 is 21.6 Å². The molecule has 2 N–H and O–H groups in total. The van der Waals surface area contributed by atoms with Gasteiger partial charge in [0.2, 0.25) is 15.9 Å². The number of halogens is 6. The van der Waals surface area contributed by atoms with Crippen molar-refractivity contribution in [1.82, 2.24) is 9.62 Å². The number of amides is 1. The Kier molecular flexibility index (Phi) is 8.12. The van der Waals surface area contributed by atoms with E-state index in [-0.39, 0.29) is 18.4 Å². The molecule has 13 heteroatoms. The highest BCUT2D eigenvalue weighted by molar-refractivity contribution is 7.88. The number of carbonyl (C=O) groups excluding carboxylic acids is 1. The first-order valence-electron chi connectivity index (χ1n) is 11.4. The molecule has 35 heavy (non-hydrogen) atoms. The number of alkyl halides is 6. The summed E-state index contributed by atoms with van der Waals surface area (Å²) in [5, 5.41) is 2.19. The van der Waals surface area contributed by atoms with E-state index in [1.807, 2.05) is 0 Å². The zero-order chi connectivity index (χ0) is 26.1. The van der Waals surface area contributed by atoms with Crippen molar-refractivity contribution in [2.75, 3.05) is 31.2 Å². The Balaban J connectivity index is 1.57. The number of carbonyl (C=O) groups is 1. The molecule has 1 aromatic rings. The molecule has 1 saturated heterocycles. The summed E-state index contributed by atoms with van der Waals surface area (Å²) < 4.78 is 105. The SMILES string of the molecule is CS(=O)(=O)NC1(CN2CCC(CC(=O)Nc3cc(C(F)(F)F)cc(C(F)(F)F)c3)CC2)CCCC1. The molecular formula is C22H29F6N3O3S. The molecule has 198 valence electrons. The quantitative estimate of drug-likeness (QED) is 0.505. The van der Waals surface area contributed by atoms with Gasteiger partial charge >= 0.3 is 12.4 Å². The number of nitrogens with one attached hydrogen (secondary N) is 2. The van der Waals surface area contributed by atoms with E-state index < -0.39 is 50.6 Å². The lowest BCUT2D eigenvalue weighted by atomic mass is 9.91. The van der Waals surface area contributed by atoms with Gasteiger partial charge in [0.05, 0.1) is 17.4 Å². The molecule has 2 aliphatic rings. The minimum Gasteiger partial charge on any atom is -0.326 e. The predicted octanol–water partition coefficient (Wildman–Crippen LogP) is 4.63. The molecule has 1 amide bonds. The van der Waals surface area contributed by atoms with Gasteiger partial charge in [-0.05, 0) is 62.9 Å². The molecule has 3 rings (SSSR count). The Bertz CT molecular complexity index is 980. The molecule has 0 atom stereocenters. The predicted molar refractivity (Wildman–Crippen MR) is 118 cm³/mol. The molecule has 1 saturated carbocycles. The van der Waals surface area contributed by atoms with Gasteiger partial charge in [0.25, 0.3) is 0 Å². The Morgan fingerprint density at radius 1 is 1.00 bits per heavy atom. The monoisotopic (exact) mass is 529 g/mol. The van der Waals surface area contributed by atoms with E-state index in [2.05, 4.69) is 14.9 Å². The summed E-state index contributed by atoms with van der Waals surface area (Å²) in [6.45, 7) is 1.79. The standard InChI is InChI=1S/C22H29F6N3O3S/c1-35(33,34)30-20(6-2-3-7-20)14-31-8-4-15(5-9-31)10-19(32)29-18-12-16(21(23,24)25)11-17(13-18)22(26,27)28/h11-13,15,30H,2-10,14H2,1H3,(H,29,32). The average Bonchev–Trinajstić information content (AvgIpc) is 3.14. The van der Waals surface area contributed by atoms with Crippen molar-refractivity contribution in [2.45, 2.75) is 62.8 Å². The van der Waals surface area contributed by atoms with Gasteiger partial charge in [-0.2, -0.15) is 26.3 Å². The maximum atomic E-state index is 13.0. The van der Waals surface area contributed by atoms with E-state index in [0.29, 0.717) is 44.6 Å². The number of likely N-dealkylation sites (tertiary alicyclic amines) is 1. The van der Waals surface area contributed by atoms with Crippen molar-refractivity contribution in [1.29, 1.82) is 0 Å². The zero-order valence-electron chi connectivity index (χ0n) is 19.2. The number of nitrogens with zero attached hydrogens (tertiary/aromatic N) is 1. The molecule has 0 spiro atoms. The first-order valence-corrected chi connectivity index (χ1v) is 13.2. The largest absolute Gasteiger partial charge is 0.416 e. The van der Waals surface area contributed by atoms with Gasteiger partial charge < -0.3 is 10.2 Å². The first-order chi connectivity index (χ1) is 16.0. The van der Waals surface area contributed by atoms with Crippen LogP contribution in [0, 0.1) is 5.92 Å². The topological polar surface area (TPSA) is 78.5 Å². The summed E-state index contributed by atoms with van der Waals surface area (Å²) >= 11 is 0. The normalized spacial score (nSPS) is 20.2. The van der Waals surface area contributed by atoms with Gasteiger partial charge in [0.15, 0.2) is 0 Å². The van der Waals surface area contributed by atoms with Crippen molar-refractivity contribution in [2.24, 2.45) is 5.92 Å². The third-order valence-electron chi connectivity index (χ3n) is 6.54. The molecular weight excluding hydrogens is 500 g/mol. The van der Waals surface area contributed by atoms with Crippen molar-refractivity contribution < 1.29 is 39.6 Å². The second-order valence-corrected chi connectivity index (χ2v) is 11.4. The van der Waals surface area contributed by atoms with Crippen LogP contribution in [0.3, 0.4) is 0 Å². The smallest absolute Gasteiger partial charge is 0.326 e. The lowest BCUT2D eigenvalue weighted by Gasteiger charge is -2.39. The molecule has 0 bridgehead atoms. The van der Waals surface area contributed by atoms with Crippen LogP contribution in [0.2, 0.25) is 0 Å². The zero-order valence-corrected chi connectivity index (χ0v) is 20.0. The van der Waals surface area contributed by atoms with Crippen LogP contribution < -0.4 is 10.0 Å². The van der Waals surface area contributed by atoms with E-state index in [9.17, 15) is 39.6 Å². The van der Waals surface area contributed by atoms with Gasteiger partial charge in [-0.15, -0.1) is 0 Å². The van der Waals surface area contributed by atoms with E-state index in [0.717, 1.165) is 31.9 Å². The van der Waals surface area contributed by atoms with Crippen LogP contribution in [0.25, 0.3) is 0 Å². The summed E-state index contributed by atoms with van der Waals surface area (Å²) in [4.78, 5) is 14.5. The van der Waals surface area contributed by atoms with Crippen LogP contribution in [-0.2, 0) is 27.2 Å². The van der Waals surface area contributed by atoms with Crippen LogP contribution in [0.4, 0.5) is 32.0 Å². The fraction of sp³-hybridized carbons (Fsp3) is 0.682. The van der Waals surface area contributed by atoms with Gasteiger partial charge in [-0.1, -0.05) is 12.8 Å². The third kappa shape index (κ3) is 8.07. The lowest BCUT2D eigenvalue weighted by molar-refractivity contribution is -0.143. The Hall–Kier alpha value is -1.86. The highest BCUT2D eigenvalue weighted by Gasteiger charge is 2.39. The third-order valence-corrected chi connectivity index (χ3v) is 7.35. The minimum absolute atomic E-state index is 0.0150. The average molecular weight is 530 g/mol. The molecule has 0 radical (unpaired) electrons. The van der Waals surface area contributed by atoms with Crippen LogP contribution >= 0.6 is 0 Å². The first kappa shape index (κ1) is 27.7. The summed E-state index contributed by atoms with van der Waals surface area (Å²) in [7, 11) is -3.37. The molecule has 2 fully saturated rings. The summed E-state index contributed by atoms with van der Waals surface area (Å²) in [6.07, 6.45) is -4.28. The van der Waals surface area contributed by atoms with E-state index in [4.69, 9.17) is 0 Å². The second-order valence-electron chi connectivity index (χ2n) is 9.63. The van der Waals surface area contributed by atoms with Gasteiger partial charge in [0.1, 0.15) is 0 Å². The number of hydrogen-bond donors (Lipinski definition) is 2. The number of benzene rings is 1. The minimum atomic E-state index is -4.99. The van der Waals surface area contributed by atoms with Crippen molar-refractivity contribution in [3.63, 3.8) is 0 Å². The number of anilines is 1. The fourth-order valence-corrected chi connectivity index (χ4v) is 6.07. The number of rotatable bonds is 7. The Labute approximate surface area is 200 Å². The highest BCUT2D eigenvalue weighted by Crippen LogP contribution is 2.38. The number of sulfonamides is 1. The summed E-state index contributed by atoms with van der Waals surface area (Å²) in [6, 6.07) is 0.998. The van der Waals surface area contributed by atoms with Crippen molar-refractivity contribution in [3.05, 3.63) is 29.3 Å². The Morgan fingerprint density at radius 2 is 1.51 bits per heavy atom. The maximum Gasteiger partial charge on any atom is 0.416 e. The summed E-state index contributed by atoms with van der Waals surface area (Å²) in [5.41, 5.74) is -4.03. The van der Waals surface area contributed by atoms with Crippen LogP contribution in [-0.4, -0.2) is 50.7 Å². The Morgan fingerprint density at radius 3 is 1.97 bits per heavy atom.